The van der Waals surface area contributed by atoms with Crippen LogP contribution in [-0.2, 0) is 0 Å². The molecule has 102 valence electrons. The van der Waals surface area contributed by atoms with Crippen LogP contribution in [0.4, 0.5) is 5.69 Å². The van der Waals surface area contributed by atoms with Crippen molar-refractivity contribution in [2.24, 2.45) is 5.10 Å². The lowest BCUT2D eigenvalue weighted by Gasteiger charge is -2.00. The maximum absolute atomic E-state index is 11.7. The minimum atomic E-state index is -0.471. The molecule has 0 unspecified atom stereocenters. The maximum atomic E-state index is 11.7. The van der Waals surface area contributed by atoms with Crippen molar-refractivity contribution in [1.29, 1.82) is 0 Å². The molecule has 0 bridgehead atoms. The standard InChI is InChI=1S/C12H10N4O3S/c1-8(11-5-10(7-20-11)16(18)19)14-15-12(17)9-3-2-4-13-6-9/h2-7H,1H3,(H,15,17). The van der Waals surface area contributed by atoms with Crippen LogP contribution in [0.25, 0.3) is 0 Å². The number of nitro groups is 1. The fourth-order valence-corrected chi connectivity index (χ4v) is 2.17. The molecule has 2 aromatic rings. The van der Waals surface area contributed by atoms with Gasteiger partial charge in [0.05, 0.1) is 26.5 Å². The molecule has 2 aromatic heterocycles. The quantitative estimate of drug-likeness (QED) is 0.530. The maximum Gasteiger partial charge on any atom is 0.280 e. The van der Waals surface area contributed by atoms with Crippen LogP contribution in [0.15, 0.2) is 41.1 Å². The molecule has 0 aliphatic heterocycles. The number of thiophene rings is 1. The van der Waals surface area contributed by atoms with Gasteiger partial charge in [0, 0.05) is 18.5 Å². The number of nitrogens with zero attached hydrogens (tertiary/aromatic N) is 3. The number of hydrogen-bond acceptors (Lipinski definition) is 6. The zero-order chi connectivity index (χ0) is 14.5. The third kappa shape index (κ3) is 3.23. The summed E-state index contributed by atoms with van der Waals surface area (Å²) in [5.74, 6) is -0.386. The van der Waals surface area contributed by atoms with Crippen molar-refractivity contribution in [2.75, 3.05) is 0 Å². The lowest BCUT2D eigenvalue weighted by molar-refractivity contribution is -0.384. The Labute approximate surface area is 118 Å². The van der Waals surface area contributed by atoms with E-state index in [1.165, 1.54) is 29.0 Å². The van der Waals surface area contributed by atoms with Gasteiger partial charge in [0.1, 0.15) is 0 Å². The molecule has 0 aliphatic carbocycles. The van der Waals surface area contributed by atoms with Gasteiger partial charge in [0.25, 0.3) is 11.6 Å². The molecule has 0 radical (unpaired) electrons. The number of carbonyl (C=O) groups is 1. The summed E-state index contributed by atoms with van der Waals surface area (Å²) in [7, 11) is 0. The van der Waals surface area contributed by atoms with Crippen LogP contribution in [0.5, 0.6) is 0 Å². The molecule has 20 heavy (non-hydrogen) atoms. The highest BCUT2D eigenvalue weighted by atomic mass is 32.1. The normalized spacial score (nSPS) is 11.2. The smallest absolute Gasteiger partial charge is 0.267 e. The number of aromatic nitrogens is 1. The minimum absolute atomic E-state index is 0.0122. The molecular formula is C12H10N4O3S. The average Bonchev–Trinajstić information content (AvgIpc) is 2.95. The summed E-state index contributed by atoms with van der Waals surface area (Å²) in [4.78, 5) is 26.3. The highest BCUT2D eigenvalue weighted by molar-refractivity contribution is 7.12. The van der Waals surface area contributed by atoms with E-state index in [2.05, 4.69) is 15.5 Å². The first-order valence-electron chi connectivity index (χ1n) is 5.56. The van der Waals surface area contributed by atoms with Gasteiger partial charge in [-0.1, -0.05) is 0 Å². The predicted octanol–water partition coefficient (Wildman–Crippen LogP) is 2.21. The summed E-state index contributed by atoms with van der Waals surface area (Å²) in [5.41, 5.74) is 3.28. The fourth-order valence-electron chi connectivity index (χ4n) is 1.36. The molecule has 0 saturated carbocycles. The van der Waals surface area contributed by atoms with Gasteiger partial charge in [-0.15, -0.1) is 11.3 Å². The Kier molecular flexibility index (Phi) is 4.16. The van der Waals surface area contributed by atoms with Crippen molar-refractivity contribution < 1.29 is 9.72 Å². The summed E-state index contributed by atoms with van der Waals surface area (Å²) in [6.45, 7) is 1.67. The number of carbonyl (C=O) groups excluding carboxylic acids is 1. The first-order chi connectivity index (χ1) is 9.58. The van der Waals surface area contributed by atoms with Gasteiger partial charge >= 0.3 is 0 Å². The molecule has 2 heterocycles. The lowest BCUT2D eigenvalue weighted by Crippen LogP contribution is -2.19. The van der Waals surface area contributed by atoms with E-state index < -0.39 is 4.92 Å². The number of amides is 1. The molecule has 0 aromatic carbocycles. The van der Waals surface area contributed by atoms with Crippen LogP contribution in [0.2, 0.25) is 0 Å². The van der Waals surface area contributed by atoms with Crippen LogP contribution < -0.4 is 5.43 Å². The van der Waals surface area contributed by atoms with E-state index in [1.807, 2.05) is 0 Å². The molecule has 2 rings (SSSR count). The van der Waals surface area contributed by atoms with Crippen molar-refractivity contribution in [3.63, 3.8) is 0 Å². The van der Waals surface area contributed by atoms with Crippen molar-refractivity contribution in [2.45, 2.75) is 6.92 Å². The Morgan fingerprint density at radius 1 is 1.55 bits per heavy atom. The molecule has 0 aliphatic rings. The van der Waals surface area contributed by atoms with Crippen molar-refractivity contribution in [3.8, 4) is 0 Å². The second kappa shape index (κ2) is 6.02. The van der Waals surface area contributed by atoms with Crippen LogP contribution in [-0.4, -0.2) is 21.5 Å². The summed E-state index contributed by atoms with van der Waals surface area (Å²) in [5, 5.41) is 15.9. The van der Waals surface area contributed by atoms with Crippen LogP contribution in [0.1, 0.15) is 22.2 Å². The van der Waals surface area contributed by atoms with Crippen molar-refractivity contribution >= 4 is 28.6 Å². The molecule has 7 nitrogen and oxygen atoms in total. The van der Waals surface area contributed by atoms with Gasteiger partial charge in [0.2, 0.25) is 0 Å². The van der Waals surface area contributed by atoms with Crippen LogP contribution in [0.3, 0.4) is 0 Å². The SMILES string of the molecule is CC(=NNC(=O)c1cccnc1)c1cc([N+](=O)[O-])cs1. The summed E-state index contributed by atoms with van der Waals surface area (Å²) in [6, 6.07) is 4.68. The van der Waals surface area contributed by atoms with E-state index in [4.69, 9.17) is 0 Å². The van der Waals surface area contributed by atoms with Gasteiger partial charge in [-0.2, -0.15) is 5.10 Å². The van der Waals surface area contributed by atoms with Crippen molar-refractivity contribution in [3.05, 3.63) is 56.5 Å². The monoisotopic (exact) mass is 290 g/mol. The number of pyridine rings is 1. The second-order valence-electron chi connectivity index (χ2n) is 3.81. The largest absolute Gasteiger partial charge is 0.280 e. The molecule has 1 amide bonds. The molecule has 0 atom stereocenters. The zero-order valence-corrected chi connectivity index (χ0v) is 11.3. The summed E-state index contributed by atoms with van der Waals surface area (Å²) < 4.78 is 0. The zero-order valence-electron chi connectivity index (χ0n) is 10.4. The molecule has 0 fully saturated rings. The van der Waals surface area contributed by atoms with E-state index in [-0.39, 0.29) is 11.6 Å². The van der Waals surface area contributed by atoms with E-state index in [0.717, 1.165) is 0 Å². The molecule has 0 saturated heterocycles. The van der Waals surface area contributed by atoms with E-state index in [9.17, 15) is 14.9 Å². The van der Waals surface area contributed by atoms with Gasteiger partial charge in [-0.3, -0.25) is 19.9 Å². The number of nitrogens with one attached hydrogen (secondary N) is 1. The number of hydrazone groups is 1. The second-order valence-corrected chi connectivity index (χ2v) is 4.72. The van der Waals surface area contributed by atoms with E-state index >= 15 is 0 Å². The number of hydrogen-bond donors (Lipinski definition) is 1. The average molecular weight is 290 g/mol. The highest BCUT2D eigenvalue weighted by Gasteiger charge is 2.11. The Morgan fingerprint density at radius 2 is 2.35 bits per heavy atom. The fraction of sp³-hybridized carbons (Fsp3) is 0.0833. The molecule has 1 N–H and O–H groups in total. The first-order valence-corrected chi connectivity index (χ1v) is 6.44. The van der Waals surface area contributed by atoms with Crippen molar-refractivity contribution in [1.82, 2.24) is 10.4 Å². The summed E-state index contributed by atoms with van der Waals surface area (Å²) in [6.07, 6.45) is 2.99. The first kappa shape index (κ1) is 13.8. The van der Waals surface area contributed by atoms with E-state index in [0.29, 0.717) is 16.2 Å². The predicted molar refractivity (Wildman–Crippen MR) is 74.9 cm³/mol. The van der Waals surface area contributed by atoms with Crippen LogP contribution >= 0.6 is 11.3 Å². The highest BCUT2D eigenvalue weighted by Crippen LogP contribution is 2.21. The van der Waals surface area contributed by atoms with Gasteiger partial charge < -0.3 is 0 Å². The third-order valence-corrected chi connectivity index (χ3v) is 3.43. The van der Waals surface area contributed by atoms with Gasteiger partial charge in [-0.25, -0.2) is 5.43 Å². The Bertz CT molecular complexity index is 666. The Hall–Kier alpha value is -2.61. The van der Waals surface area contributed by atoms with Gasteiger partial charge in [-0.05, 0) is 19.1 Å². The molecular weight excluding hydrogens is 280 g/mol. The molecule has 8 heteroatoms. The Balaban J connectivity index is 2.07. The topological polar surface area (TPSA) is 97.5 Å². The van der Waals surface area contributed by atoms with E-state index in [1.54, 1.807) is 25.3 Å². The Morgan fingerprint density at radius 3 is 2.95 bits per heavy atom. The third-order valence-electron chi connectivity index (χ3n) is 2.40. The lowest BCUT2D eigenvalue weighted by atomic mass is 10.3. The minimum Gasteiger partial charge on any atom is -0.267 e. The van der Waals surface area contributed by atoms with Gasteiger partial charge in [0.15, 0.2) is 0 Å². The summed E-state index contributed by atoms with van der Waals surface area (Å²) >= 11 is 1.20. The van der Waals surface area contributed by atoms with Crippen LogP contribution in [0, 0.1) is 10.1 Å². The number of rotatable bonds is 4. The molecule has 0 spiro atoms.